The summed E-state index contributed by atoms with van der Waals surface area (Å²) >= 11 is 6.04. The molecule has 2 aromatic rings. The van der Waals surface area contributed by atoms with Crippen LogP contribution in [0.15, 0.2) is 41.3 Å². The average molecular weight is 397 g/mol. The first-order valence-corrected chi connectivity index (χ1v) is 9.77. The fraction of sp³-hybridized carbons (Fsp3) is 0.278. The van der Waals surface area contributed by atoms with E-state index in [0.717, 1.165) is 5.56 Å². The van der Waals surface area contributed by atoms with Crippen LogP contribution < -0.4 is 10.0 Å². The minimum atomic E-state index is -3.85. The van der Waals surface area contributed by atoms with E-state index in [1.807, 2.05) is 6.92 Å². The molecule has 0 aliphatic heterocycles. The second kappa shape index (κ2) is 8.53. The van der Waals surface area contributed by atoms with Gasteiger partial charge in [-0.25, -0.2) is 8.42 Å². The molecule has 0 spiro atoms. The van der Waals surface area contributed by atoms with E-state index in [-0.39, 0.29) is 10.8 Å². The van der Waals surface area contributed by atoms with E-state index in [1.165, 1.54) is 19.2 Å². The molecule has 8 heteroatoms. The fourth-order valence-electron chi connectivity index (χ4n) is 2.25. The Morgan fingerprint density at radius 2 is 1.81 bits per heavy atom. The first kappa shape index (κ1) is 20.2. The Kier molecular flexibility index (Phi) is 6.63. The molecule has 1 amide bonds. The van der Waals surface area contributed by atoms with E-state index < -0.39 is 10.0 Å². The number of carbonyl (C=O) groups excluding carboxylic acids is 1. The van der Waals surface area contributed by atoms with Crippen molar-refractivity contribution in [1.29, 1.82) is 0 Å². The highest BCUT2D eigenvalue weighted by atomic mass is 35.5. The number of amides is 1. The molecule has 26 heavy (non-hydrogen) atoms. The van der Waals surface area contributed by atoms with Crippen LogP contribution in [0, 0.1) is 13.8 Å². The van der Waals surface area contributed by atoms with Gasteiger partial charge in [0.2, 0.25) is 0 Å². The van der Waals surface area contributed by atoms with E-state index in [0.29, 0.717) is 35.0 Å². The third-order valence-electron chi connectivity index (χ3n) is 3.78. The molecule has 0 fully saturated rings. The van der Waals surface area contributed by atoms with Crippen LogP contribution in [0.4, 0.5) is 5.69 Å². The summed E-state index contributed by atoms with van der Waals surface area (Å²) in [4.78, 5) is 12.3. The fourth-order valence-corrected chi connectivity index (χ4v) is 3.50. The Hall–Kier alpha value is -2.09. The second-order valence-corrected chi connectivity index (χ2v) is 7.88. The molecule has 0 heterocycles. The molecule has 140 valence electrons. The molecular weight excluding hydrogens is 376 g/mol. The van der Waals surface area contributed by atoms with Gasteiger partial charge >= 0.3 is 0 Å². The summed E-state index contributed by atoms with van der Waals surface area (Å²) in [6, 6.07) is 9.31. The summed E-state index contributed by atoms with van der Waals surface area (Å²) < 4.78 is 32.6. The quantitative estimate of drug-likeness (QED) is 0.704. The number of methoxy groups -OCH3 is 1. The number of sulfonamides is 1. The summed E-state index contributed by atoms with van der Waals surface area (Å²) in [5.41, 5.74) is 2.18. The van der Waals surface area contributed by atoms with Gasteiger partial charge in [-0.2, -0.15) is 0 Å². The molecule has 6 nitrogen and oxygen atoms in total. The summed E-state index contributed by atoms with van der Waals surface area (Å²) in [5, 5.41) is 3.15. The number of nitrogens with one attached hydrogen (secondary N) is 2. The third kappa shape index (κ3) is 4.97. The summed E-state index contributed by atoms with van der Waals surface area (Å²) in [6.07, 6.45) is 0. The van der Waals surface area contributed by atoms with Gasteiger partial charge in [0.15, 0.2) is 0 Å². The van der Waals surface area contributed by atoms with Crippen molar-refractivity contribution in [3.05, 3.63) is 58.1 Å². The first-order chi connectivity index (χ1) is 12.2. The number of benzene rings is 2. The third-order valence-corrected chi connectivity index (χ3v) is 5.57. The van der Waals surface area contributed by atoms with Gasteiger partial charge in [0.05, 0.1) is 17.2 Å². The molecule has 2 N–H and O–H groups in total. The molecule has 0 aromatic heterocycles. The van der Waals surface area contributed by atoms with Gasteiger partial charge < -0.3 is 10.1 Å². The van der Waals surface area contributed by atoms with Crippen molar-refractivity contribution >= 4 is 33.2 Å². The highest BCUT2D eigenvalue weighted by molar-refractivity contribution is 7.92. The van der Waals surface area contributed by atoms with Crippen molar-refractivity contribution in [2.75, 3.05) is 25.0 Å². The van der Waals surface area contributed by atoms with Crippen molar-refractivity contribution in [2.24, 2.45) is 0 Å². The second-order valence-electron chi connectivity index (χ2n) is 5.79. The number of anilines is 1. The number of hydrogen-bond donors (Lipinski definition) is 2. The average Bonchev–Trinajstić information content (AvgIpc) is 2.58. The minimum Gasteiger partial charge on any atom is -0.383 e. The molecule has 0 bridgehead atoms. The standard InChI is InChI=1S/C18H21ClN2O4S/c1-12-5-7-15(11-16(12)18(22)20-8-9-25-3)26(23,24)21-14-6-4-13(2)17(19)10-14/h4-7,10-11,21H,8-9H2,1-3H3,(H,20,22). The Morgan fingerprint density at radius 3 is 2.46 bits per heavy atom. The van der Waals surface area contributed by atoms with Crippen LogP contribution in [-0.2, 0) is 14.8 Å². The highest BCUT2D eigenvalue weighted by Crippen LogP contribution is 2.23. The molecule has 0 saturated heterocycles. The van der Waals surface area contributed by atoms with Crippen LogP contribution >= 0.6 is 11.6 Å². The van der Waals surface area contributed by atoms with Gasteiger partial charge in [0.1, 0.15) is 0 Å². The van der Waals surface area contributed by atoms with Crippen LogP contribution in [0.25, 0.3) is 0 Å². The minimum absolute atomic E-state index is 0.00307. The molecule has 0 atom stereocenters. The first-order valence-electron chi connectivity index (χ1n) is 7.91. The van der Waals surface area contributed by atoms with Gasteiger partial charge in [-0.05, 0) is 49.2 Å². The van der Waals surface area contributed by atoms with E-state index in [9.17, 15) is 13.2 Å². The lowest BCUT2D eigenvalue weighted by Crippen LogP contribution is -2.28. The maximum Gasteiger partial charge on any atom is 0.261 e. The SMILES string of the molecule is COCCNC(=O)c1cc(S(=O)(=O)Nc2ccc(C)c(Cl)c2)ccc1C. The van der Waals surface area contributed by atoms with Gasteiger partial charge in [0, 0.05) is 24.2 Å². The summed E-state index contributed by atoms with van der Waals surface area (Å²) in [5.74, 6) is -0.352. The predicted octanol–water partition coefficient (Wildman–Crippen LogP) is 3.13. The molecule has 0 aliphatic rings. The van der Waals surface area contributed by atoms with E-state index >= 15 is 0 Å². The zero-order chi connectivity index (χ0) is 19.3. The highest BCUT2D eigenvalue weighted by Gasteiger charge is 2.18. The van der Waals surface area contributed by atoms with Crippen LogP contribution in [0.3, 0.4) is 0 Å². The molecule has 0 unspecified atom stereocenters. The van der Waals surface area contributed by atoms with Gasteiger partial charge in [-0.15, -0.1) is 0 Å². The van der Waals surface area contributed by atoms with Crippen molar-refractivity contribution in [1.82, 2.24) is 5.32 Å². The monoisotopic (exact) mass is 396 g/mol. The van der Waals surface area contributed by atoms with Crippen LogP contribution in [-0.4, -0.2) is 34.6 Å². The van der Waals surface area contributed by atoms with E-state index in [1.54, 1.807) is 31.2 Å². The zero-order valence-electron chi connectivity index (χ0n) is 14.8. The topological polar surface area (TPSA) is 84.5 Å². The lowest BCUT2D eigenvalue weighted by molar-refractivity contribution is 0.0936. The van der Waals surface area contributed by atoms with E-state index in [2.05, 4.69) is 10.0 Å². The Labute approximate surface area is 158 Å². The van der Waals surface area contributed by atoms with Crippen molar-refractivity contribution in [3.63, 3.8) is 0 Å². The van der Waals surface area contributed by atoms with Crippen molar-refractivity contribution in [2.45, 2.75) is 18.7 Å². The Bertz CT molecular complexity index is 913. The van der Waals surface area contributed by atoms with Crippen LogP contribution in [0.2, 0.25) is 5.02 Å². The molecule has 0 radical (unpaired) electrons. The van der Waals surface area contributed by atoms with Gasteiger partial charge in [-0.3, -0.25) is 9.52 Å². The molecule has 0 aliphatic carbocycles. The Balaban J connectivity index is 2.27. The number of ether oxygens (including phenoxy) is 1. The molecule has 2 rings (SSSR count). The number of hydrogen-bond acceptors (Lipinski definition) is 4. The number of rotatable bonds is 7. The van der Waals surface area contributed by atoms with Crippen molar-refractivity contribution < 1.29 is 17.9 Å². The Morgan fingerprint density at radius 1 is 1.12 bits per heavy atom. The lowest BCUT2D eigenvalue weighted by Gasteiger charge is -2.12. The maximum atomic E-state index is 12.6. The number of halogens is 1. The van der Waals surface area contributed by atoms with Crippen LogP contribution in [0.1, 0.15) is 21.5 Å². The molecule has 0 saturated carbocycles. The predicted molar refractivity (Wildman–Crippen MR) is 102 cm³/mol. The van der Waals surface area contributed by atoms with Crippen molar-refractivity contribution in [3.8, 4) is 0 Å². The van der Waals surface area contributed by atoms with Crippen LogP contribution in [0.5, 0.6) is 0 Å². The normalized spacial score (nSPS) is 11.2. The van der Waals surface area contributed by atoms with Gasteiger partial charge in [0.25, 0.3) is 15.9 Å². The maximum absolute atomic E-state index is 12.6. The largest absolute Gasteiger partial charge is 0.383 e. The smallest absolute Gasteiger partial charge is 0.261 e. The molecular formula is C18H21ClN2O4S. The number of aryl methyl sites for hydroxylation is 2. The lowest BCUT2D eigenvalue weighted by atomic mass is 10.1. The number of carbonyl (C=O) groups is 1. The molecule has 2 aromatic carbocycles. The summed E-state index contributed by atoms with van der Waals surface area (Å²) in [7, 11) is -2.32. The van der Waals surface area contributed by atoms with E-state index in [4.69, 9.17) is 16.3 Å². The zero-order valence-corrected chi connectivity index (χ0v) is 16.4. The van der Waals surface area contributed by atoms with Gasteiger partial charge in [-0.1, -0.05) is 23.7 Å². The summed E-state index contributed by atoms with van der Waals surface area (Å²) in [6.45, 7) is 4.29.